The van der Waals surface area contributed by atoms with E-state index in [1.807, 2.05) is 6.07 Å². The van der Waals surface area contributed by atoms with Crippen LogP contribution in [0.4, 0.5) is 4.79 Å². The number of nitrogens with one attached hydrogen (secondary N) is 1. The van der Waals surface area contributed by atoms with Crippen molar-refractivity contribution in [2.24, 2.45) is 0 Å². The lowest BCUT2D eigenvalue weighted by atomic mass is 10.1. The molecule has 0 aliphatic carbocycles. The Labute approximate surface area is 88.2 Å². The van der Waals surface area contributed by atoms with Crippen LogP contribution >= 0.6 is 0 Å². The van der Waals surface area contributed by atoms with Gasteiger partial charge in [0.1, 0.15) is 6.04 Å². The standard InChI is InChI=1S/C11H12NO3/c1-2-15-11(14)12-10(8-13)9-6-4-3-5-7-9/h3-7,10H,2H2,1H3,(H,12,14)/t10-/m0/s1. The van der Waals surface area contributed by atoms with Crippen molar-refractivity contribution in [1.29, 1.82) is 0 Å². The minimum absolute atomic E-state index is 0.270. The van der Waals surface area contributed by atoms with Gasteiger partial charge in [-0.25, -0.2) is 4.79 Å². The van der Waals surface area contributed by atoms with Crippen molar-refractivity contribution >= 4 is 12.4 Å². The quantitative estimate of drug-likeness (QED) is 0.813. The molecule has 79 valence electrons. The summed E-state index contributed by atoms with van der Waals surface area (Å²) in [6.45, 7) is 1.97. The van der Waals surface area contributed by atoms with Gasteiger partial charge in [0.05, 0.1) is 6.61 Å². The van der Waals surface area contributed by atoms with Gasteiger partial charge in [0.2, 0.25) is 6.29 Å². The van der Waals surface area contributed by atoms with E-state index in [0.29, 0.717) is 5.56 Å². The molecule has 0 aliphatic rings. The van der Waals surface area contributed by atoms with E-state index in [-0.39, 0.29) is 6.61 Å². The third-order valence-corrected chi connectivity index (χ3v) is 1.79. The molecule has 1 amide bonds. The highest BCUT2D eigenvalue weighted by atomic mass is 16.5. The van der Waals surface area contributed by atoms with Gasteiger partial charge in [-0.15, -0.1) is 0 Å². The van der Waals surface area contributed by atoms with Crippen LogP contribution in [0.5, 0.6) is 0 Å². The third-order valence-electron chi connectivity index (χ3n) is 1.79. The zero-order valence-corrected chi connectivity index (χ0v) is 8.40. The molecule has 0 saturated heterocycles. The summed E-state index contributed by atoms with van der Waals surface area (Å²) in [5.74, 6) is 0. The van der Waals surface area contributed by atoms with E-state index in [9.17, 15) is 9.59 Å². The molecular formula is C11H12NO3. The van der Waals surface area contributed by atoms with Gasteiger partial charge in [0.15, 0.2) is 0 Å². The van der Waals surface area contributed by atoms with Crippen LogP contribution < -0.4 is 5.32 Å². The highest BCUT2D eigenvalue weighted by Gasteiger charge is 2.14. The van der Waals surface area contributed by atoms with Crippen molar-refractivity contribution in [2.45, 2.75) is 13.0 Å². The molecule has 0 fully saturated rings. The van der Waals surface area contributed by atoms with Crippen molar-refractivity contribution in [2.75, 3.05) is 6.61 Å². The minimum atomic E-state index is -0.773. The van der Waals surface area contributed by atoms with E-state index >= 15 is 0 Å². The molecule has 0 bridgehead atoms. The smallest absolute Gasteiger partial charge is 0.407 e. The summed E-state index contributed by atoms with van der Waals surface area (Å²) in [5.41, 5.74) is 0.681. The fourth-order valence-electron chi connectivity index (χ4n) is 1.12. The third kappa shape index (κ3) is 3.42. The molecule has 1 radical (unpaired) electrons. The number of hydrogen-bond donors (Lipinski definition) is 1. The van der Waals surface area contributed by atoms with Crippen LogP contribution in [0.3, 0.4) is 0 Å². The van der Waals surface area contributed by atoms with Crippen molar-refractivity contribution < 1.29 is 14.3 Å². The molecule has 1 aromatic carbocycles. The Hall–Kier alpha value is -1.84. The fraction of sp³-hybridized carbons (Fsp3) is 0.273. The fourth-order valence-corrected chi connectivity index (χ4v) is 1.12. The van der Waals surface area contributed by atoms with Crippen LogP contribution in [0.2, 0.25) is 0 Å². The van der Waals surface area contributed by atoms with E-state index in [1.165, 1.54) is 0 Å². The molecular weight excluding hydrogens is 194 g/mol. The second-order valence-electron chi connectivity index (χ2n) is 2.83. The lowest BCUT2D eigenvalue weighted by Crippen LogP contribution is -2.29. The number of alkyl carbamates (subject to hydrolysis) is 1. The SMILES string of the molecule is CCOC(=O)N[C@@H]([C]=O)c1ccccc1. The van der Waals surface area contributed by atoms with E-state index in [4.69, 9.17) is 0 Å². The lowest BCUT2D eigenvalue weighted by molar-refractivity contribution is 0.150. The Morgan fingerprint density at radius 3 is 2.67 bits per heavy atom. The Bertz CT molecular complexity index is 324. The normalized spacial score (nSPS) is 11.5. The van der Waals surface area contributed by atoms with Gasteiger partial charge in [-0.1, -0.05) is 30.3 Å². The summed E-state index contributed by atoms with van der Waals surface area (Å²) in [6, 6.07) is 8.10. The van der Waals surface area contributed by atoms with Crippen molar-refractivity contribution in [1.82, 2.24) is 5.32 Å². The molecule has 0 saturated carbocycles. The van der Waals surface area contributed by atoms with Gasteiger partial charge in [-0.05, 0) is 12.5 Å². The van der Waals surface area contributed by atoms with E-state index in [0.717, 1.165) is 0 Å². The second-order valence-corrected chi connectivity index (χ2v) is 2.83. The Morgan fingerprint density at radius 1 is 1.47 bits per heavy atom. The summed E-state index contributed by atoms with van der Waals surface area (Å²) < 4.78 is 4.67. The predicted molar refractivity (Wildman–Crippen MR) is 55.0 cm³/mol. The summed E-state index contributed by atoms with van der Waals surface area (Å²) >= 11 is 0. The molecule has 0 aromatic heterocycles. The monoisotopic (exact) mass is 206 g/mol. The van der Waals surface area contributed by atoms with Gasteiger partial charge in [-0.3, -0.25) is 4.79 Å². The van der Waals surface area contributed by atoms with E-state index in [2.05, 4.69) is 10.1 Å². The van der Waals surface area contributed by atoms with Gasteiger partial charge < -0.3 is 10.1 Å². The molecule has 0 spiro atoms. The first kappa shape index (κ1) is 11.2. The first-order chi connectivity index (χ1) is 7.27. The van der Waals surface area contributed by atoms with Crippen LogP contribution in [0.15, 0.2) is 30.3 Å². The number of amides is 1. The van der Waals surface area contributed by atoms with Crippen LogP contribution in [0.25, 0.3) is 0 Å². The van der Waals surface area contributed by atoms with Crippen molar-refractivity contribution in [3.63, 3.8) is 0 Å². The van der Waals surface area contributed by atoms with E-state index in [1.54, 1.807) is 37.5 Å². The van der Waals surface area contributed by atoms with Crippen molar-refractivity contribution in [3.8, 4) is 0 Å². The Balaban J connectivity index is 2.65. The first-order valence-corrected chi connectivity index (χ1v) is 4.63. The first-order valence-electron chi connectivity index (χ1n) is 4.63. The van der Waals surface area contributed by atoms with Gasteiger partial charge in [-0.2, -0.15) is 0 Å². The average Bonchev–Trinajstić information content (AvgIpc) is 2.27. The largest absolute Gasteiger partial charge is 0.450 e. The molecule has 15 heavy (non-hydrogen) atoms. The maximum atomic E-state index is 11.1. The maximum absolute atomic E-state index is 11.1. The zero-order chi connectivity index (χ0) is 11.1. The number of benzene rings is 1. The average molecular weight is 206 g/mol. The number of rotatable bonds is 4. The Kier molecular flexibility index (Phi) is 4.34. The Morgan fingerprint density at radius 2 is 2.13 bits per heavy atom. The van der Waals surface area contributed by atoms with Gasteiger partial charge in [0, 0.05) is 0 Å². The molecule has 1 N–H and O–H groups in total. The lowest BCUT2D eigenvalue weighted by Gasteiger charge is -2.11. The molecule has 1 atom stereocenters. The highest BCUT2D eigenvalue weighted by Crippen LogP contribution is 2.09. The highest BCUT2D eigenvalue weighted by molar-refractivity contribution is 5.74. The molecule has 1 aromatic rings. The second kappa shape index (κ2) is 5.80. The van der Waals surface area contributed by atoms with Crippen LogP contribution in [0, 0.1) is 0 Å². The number of ether oxygens (including phenoxy) is 1. The zero-order valence-electron chi connectivity index (χ0n) is 8.40. The summed E-state index contributed by atoms with van der Waals surface area (Å²) in [6.07, 6.45) is 1.13. The predicted octanol–water partition coefficient (Wildman–Crippen LogP) is 1.58. The topological polar surface area (TPSA) is 55.4 Å². The van der Waals surface area contributed by atoms with Gasteiger partial charge >= 0.3 is 6.09 Å². The summed E-state index contributed by atoms with van der Waals surface area (Å²) in [4.78, 5) is 21.7. The van der Waals surface area contributed by atoms with Crippen molar-refractivity contribution in [3.05, 3.63) is 35.9 Å². The minimum Gasteiger partial charge on any atom is -0.450 e. The molecule has 0 heterocycles. The summed E-state index contributed by atoms with van der Waals surface area (Å²) in [7, 11) is 0. The number of carbonyl (C=O) groups excluding carboxylic acids is 2. The van der Waals surface area contributed by atoms with Crippen LogP contribution in [-0.2, 0) is 9.53 Å². The van der Waals surface area contributed by atoms with E-state index < -0.39 is 12.1 Å². The summed E-state index contributed by atoms with van der Waals surface area (Å²) in [5, 5.41) is 2.40. The van der Waals surface area contributed by atoms with Crippen LogP contribution in [-0.4, -0.2) is 19.0 Å². The molecule has 4 nitrogen and oxygen atoms in total. The number of hydrogen-bond acceptors (Lipinski definition) is 3. The molecule has 4 heteroatoms. The molecule has 0 aliphatic heterocycles. The van der Waals surface area contributed by atoms with Gasteiger partial charge in [0.25, 0.3) is 0 Å². The number of carbonyl (C=O) groups is 1. The van der Waals surface area contributed by atoms with Crippen LogP contribution in [0.1, 0.15) is 18.5 Å². The maximum Gasteiger partial charge on any atom is 0.407 e. The molecule has 1 rings (SSSR count). The molecule has 0 unspecified atom stereocenters.